The van der Waals surface area contributed by atoms with E-state index in [0.717, 1.165) is 30.3 Å². The van der Waals surface area contributed by atoms with Crippen LogP contribution in [0.5, 0.6) is 11.5 Å². The van der Waals surface area contributed by atoms with Crippen LogP contribution in [0.3, 0.4) is 0 Å². The topological polar surface area (TPSA) is 84.9 Å². The van der Waals surface area contributed by atoms with Gasteiger partial charge in [-0.1, -0.05) is 45.8 Å². The fourth-order valence-electron chi connectivity index (χ4n) is 3.47. The quantitative estimate of drug-likeness (QED) is 0.211. The molecule has 1 aliphatic rings. The number of aryl methyl sites for hydroxylation is 1. The molecular formula is C27H22BrIN2O5S. The fourth-order valence-corrected chi connectivity index (χ4v) is 5.35. The number of carbonyl (C=O) groups is 3. The number of methoxy groups -OCH3 is 1. The fraction of sp³-hybridized carbons (Fsp3) is 0.148. The first-order valence-electron chi connectivity index (χ1n) is 11.1. The predicted octanol–water partition coefficient (Wildman–Crippen LogP) is 6.62. The first-order valence-corrected chi connectivity index (χ1v) is 13.8. The third kappa shape index (κ3) is 6.93. The molecule has 10 heteroatoms. The monoisotopic (exact) mass is 692 g/mol. The lowest BCUT2D eigenvalue weighted by atomic mass is 10.1. The maximum Gasteiger partial charge on any atom is 0.294 e. The van der Waals surface area contributed by atoms with E-state index in [9.17, 15) is 14.4 Å². The van der Waals surface area contributed by atoms with E-state index in [2.05, 4.69) is 43.8 Å². The summed E-state index contributed by atoms with van der Waals surface area (Å²) >= 11 is 6.28. The average Bonchev–Trinajstić information content (AvgIpc) is 3.12. The van der Waals surface area contributed by atoms with Crippen LogP contribution in [0.25, 0.3) is 6.08 Å². The maximum absolute atomic E-state index is 12.9. The molecule has 1 fully saturated rings. The number of hydrogen-bond donors (Lipinski definition) is 1. The van der Waals surface area contributed by atoms with Crippen molar-refractivity contribution in [2.75, 3.05) is 19.0 Å². The second-order valence-corrected chi connectivity index (χ2v) is 11.2. The summed E-state index contributed by atoms with van der Waals surface area (Å²) in [6.45, 7) is 2.04. The lowest BCUT2D eigenvalue weighted by molar-refractivity contribution is -0.127. The summed E-state index contributed by atoms with van der Waals surface area (Å²) < 4.78 is 13.2. The van der Waals surface area contributed by atoms with Crippen LogP contribution in [0.1, 0.15) is 16.7 Å². The van der Waals surface area contributed by atoms with Crippen LogP contribution in [-0.4, -0.2) is 35.6 Å². The Bertz CT molecular complexity index is 1380. The molecule has 4 rings (SSSR count). The summed E-state index contributed by atoms with van der Waals surface area (Å²) in [5.74, 6) is 0.128. The summed E-state index contributed by atoms with van der Waals surface area (Å²) in [5.41, 5.74) is 3.45. The molecule has 3 aromatic rings. The molecule has 3 amide bonds. The van der Waals surface area contributed by atoms with Crippen molar-refractivity contribution in [1.29, 1.82) is 0 Å². The van der Waals surface area contributed by atoms with Gasteiger partial charge in [0.2, 0.25) is 5.91 Å². The average molecular weight is 693 g/mol. The number of anilines is 1. The van der Waals surface area contributed by atoms with Gasteiger partial charge in [-0.25, -0.2) is 0 Å². The summed E-state index contributed by atoms with van der Waals surface area (Å²) in [7, 11) is 1.55. The Morgan fingerprint density at radius 2 is 1.81 bits per heavy atom. The van der Waals surface area contributed by atoms with E-state index in [1.165, 1.54) is 5.56 Å². The normalized spacial score (nSPS) is 14.3. The lowest BCUT2D eigenvalue weighted by Gasteiger charge is -2.14. The molecule has 0 bridgehead atoms. The minimum atomic E-state index is -0.519. The number of halogens is 2. The van der Waals surface area contributed by atoms with Crippen molar-refractivity contribution in [2.45, 2.75) is 13.5 Å². The van der Waals surface area contributed by atoms with Gasteiger partial charge in [-0.15, -0.1) is 0 Å². The van der Waals surface area contributed by atoms with Crippen molar-refractivity contribution in [3.05, 3.63) is 90.3 Å². The molecule has 0 aliphatic carbocycles. The summed E-state index contributed by atoms with van der Waals surface area (Å²) in [5, 5.41) is 2.19. The molecule has 1 N–H and O–H groups in total. The van der Waals surface area contributed by atoms with Crippen molar-refractivity contribution in [2.24, 2.45) is 0 Å². The molecule has 0 unspecified atom stereocenters. The molecule has 190 valence electrons. The first kappa shape index (κ1) is 27.2. The highest BCUT2D eigenvalue weighted by atomic mass is 127. The first-order chi connectivity index (χ1) is 17.7. The second kappa shape index (κ2) is 12.1. The van der Waals surface area contributed by atoms with Crippen LogP contribution in [0.2, 0.25) is 0 Å². The maximum atomic E-state index is 12.9. The van der Waals surface area contributed by atoms with Gasteiger partial charge in [0.05, 0.1) is 15.6 Å². The Morgan fingerprint density at radius 3 is 2.49 bits per heavy atom. The molecule has 37 heavy (non-hydrogen) atoms. The van der Waals surface area contributed by atoms with E-state index in [-0.39, 0.29) is 11.4 Å². The number of hydrogen-bond acceptors (Lipinski definition) is 6. The zero-order chi connectivity index (χ0) is 26.5. The van der Waals surface area contributed by atoms with Crippen LogP contribution in [0.15, 0.2) is 70.0 Å². The standard InChI is InChI=1S/C27H22BrIN2O5S/c1-16-3-5-17(6-4-16)15-36-25-21(29)11-18(12-22(25)35-2)13-23-26(33)31(27(34)37-23)14-24(32)30-20-9-7-19(28)8-10-20/h3-13H,14-15H2,1-2H3,(H,30,32)/b23-13-. The van der Waals surface area contributed by atoms with Gasteiger partial charge in [0.1, 0.15) is 13.2 Å². The van der Waals surface area contributed by atoms with E-state index < -0.39 is 17.1 Å². The number of nitrogens with zero attached hydrogens (tertiary/aromatic N) is 1. The number of carbonyl (C=O) groups excluding carboxylic acids is 3. The second-order valence-electron chi connectivity index (χ2n) is 8.13. The smallest absolute Gasteiger partial charge is 0.294 e. The molecule has 0 spiro atoms. The van der Waals surface area contributed by atoms with Gasteiger partial charge in [-0.05, 0) is 94.9 Å². The lowest BCUT2D eigenvalue weighted by Crippen LogP contribution is -2.36. The van der Waals surface area contributed by atoms with Crippen LogP contribution < -0.4 is 14.8 Å². The van der Waals surface area contributed by atoms with E-state index in [1.807, 2.05) is 37.3 Å². The van der Waals surface area contributed by atoms with E-state index in [1.54, 1.807) is 43.5 Å². The van der Waals surface area contributed by atoms with Crippen molar-refractivity contribution < 1.29 is 23.9 Å². The largest absolute Gasteiger partial charge is 0.493 e. The van der Waals surface area contributed by atoms with E-state index in [0.29, 0.717) is 29.4 Å². The van der Waals surface area contributed by atoms with E-state index >= 15 is 0 Å². The van der Waals surface area contributed by atoms with Crippen LogP contribution in [0.4, 0.5) is 10.5 Å². The van der Waals surface area contributed by atoms with Crippen LogP contribution in [-0.2, 0) is 16.2 Å². The predicted molar refractivity (Wildman–Crippen MR) is 157 cm³/mol. The minimum absolute atomic E-state index is 0.229. The highest BCUT2D eigenvalue weighted by Crippen LogP contribution is 2.37. The van der Waals surface area contributed by atoms with Crippen molar-refractivity contribution in [1.82, 2.24) is 4.90 Å². The summed E-state index contributed by atoms with van der Waals surface area (Å²) in [6, 6.07) is 18.7. The van der Waals surface area contributed by atoms with Crippen molar-refractivity contribution in [3.8, 4) is 11.5 Å². The third-order valence-corrected chi connectivity index (χ3v) is 7.59. The zero-order valence-electron chi connectivity index (χ0n) is 19.9. The number of ether oxygens (including phenoxy) is 2. The van der Waals surface area contributed by atoms with Crippen molar-refractivity contribution >= 4 is 79.1 Å². The highest BCUT2D eigenvalue weighted by molar-refractivity contribution is 14.1. The molecule has 0 aromatic heterocycles. The minimum Gasteiger partial charge on any atom is -0.493 e. The van der Waals surface area contributed by atoms with Gasteiger partial charge in [0, 0.05) is 10.2 Å². The third-order valence-electron chi connectivity index (χ3n) is 5.36. The Balaban J connectivity index is 1.46. The number of nitrogens with one attached hydrogen (secondary N) is 1. The number of thioether (sulfide) groups is 1. The molecule has 0 saturated carbocycles. The van der Waals surface area contributed by atoms with Gasteiger partial charge < -0.3 is 14.8 Å². The van der Waals surface area contributed by atoms with Gasteiger partial charge in [-0.2, -0.15) is 0 Å². The summed E-state index contributed by atoms with van der Waals surface area (Å²) in [4.78, 5) is 39.0. The van der Waals surface area contributed by atoms with E-state index in [4.69, 9.17) is 9.47 Å². The Morgan fingerprint density at radius 1 is 1.11 bits per heavy atom. The van der Waals surface area contributed by atoms with Gasteiger partial charge >= 0.3 is 0 Å². The molecule has 0 atom stereocenters. The molecule has 1 heterocycles. The highest BCUT2D eigenvalue weighted by Gasteiger charge is 2.36. The van der Waals surface area contributed by atoms with Crippen molar-refractivity contribution in [3.63, 3.8) is 0 Å². The number of benzene rings is 3. The zero-order valence-corrected chi connectivity index (χ0v) is 24.5. The Kier molecular flexibility index (Phi) is 8.93. The molecule has 1 saturated heterocycles. The molecule has 0 radical (unpaired) electrons. The Labute approximate surface area is 240 Å². The molecule has 7 nitrogen and oxygen atoms in total. The molecule has 1 aliphatic heterocycles. The molecular weight excluding hydrogens is 671 g/mol. The SMILES string of the molecule is COc1cc(/C=C2\SC(=O)N(CC(=O)Nc3ccc(Br)cc3)C2=O)cc(I)c1OCc1ccc(C)cc1. The number of imide groups is 1. The summed E-state index contributed by atoms with van der Waals surface area (Å²) in [6.07, 6.45) is 1.62. The number of rotatable bonds is 8. The van der Waals surface area contributed by atoms with Gasteiger partial charge in [0.15, 0.2) is 11.5 Å². The number of amides is 3. The van der Waals surface area contributed by atoms with Gasteiger partial charge in [-0.3, -0.25) is 19.3 Å². The molecule has 3 aromatic carbocycles. The van der Waals surface area contributed by atoms with Crippen LogP contribution >= 0.6 is 50.3 Å². The van der Waals surface area contributed by atoms with Gasteiger partial charge in [0.25, 0.3) is 11.1 Å². The Hall–Kier alpha value is -2.83. The van der Waals surface area contributed by atoms with Crippen LogP contribution in [0, 0.1) is 10.5 Å².